The van der Waals surface area contributed by atoms with E-state index in [1.54, 1.807) is 0 Å². The van der Waals surface area contributed by atoms with Gasteiger partial charge in [0.05, 0.1) is 18.8 Å². The number of hydrogen-bond donors (Lipinski definition) is 1. The highest BCUT2D eigenvalue weighted by molar-refractivity contribution is 5.78. The fraction of sp³-hybridized carbons (Fsp3) is 0.706. The van der Waals surface area contributed by atoms with Crippen LogP contribution in [0.4, 0.5) is 5.95 Å². The maximum Gasteiger partial charge on any atom is 0.225 e. The van der Waals surface area contributed by atoms with Gasteiger partial charge in [-0.2, -0.15) is 0 Å². The number of anilines is 1. The normalized spacial score (nSPS) is 26.1. The van der Waals surface area contributed by atoms with Crippen molar-refractivity contribution in [2.75, 3.05) is 25.0 Å². The van der Waals surface area contributed by atoms with Crippen LogP contribution in [-0.2, 0) is 21.7 Å². The van der Waals surface area contributed by atoms with Crippen molar-refractivity contribution in [3.8, 4) is 0 Å². The largest absolute Gasteiger partial charge is 0.362 e. The lowest BCUT2D eigenvalue weighted by Crippen LogP contribution is -2.36. The second-order valence-corrected chi connectivity index (χ2v) is 7.34. The van der Waals surface area contributed by atoms with Gasteiger partial charge in [0.25, 0.3) is 0 Å². The maximum atomic E-state index is 12.3. The maximum absolute atomic E-state index is 12.3. The topological polar surface area (TPSA) is 67.4 Å². The molecular weight excluding hydrogens is 292 g/mol. The number of likely N-dealkylation sites (tertiary alicyclic amines) is 1. The summed E-state index contributed by atoms with van der Waals surface area (Å²) in [6.45, 7) is 6.73. The number of nitrogens with one attached hydrogen (secondary N) is 1. The third kappa shape index (κ3) is 2.69. The Balaban J connectivity index is 1.54. The predicted octanol–water partition coefficient (Wildman–Crippen LogP) is 1.91. The van der Waals surface area contributed by atoms with Gasteiger partial charge in [-0.3, -0.25) is 4.79 Å². The predicted molar refractivity (Wildman–Crippen MR) is 85.7 cm³/mol. The highest BCUT2D eigenvalue weighted by Gasteiger charge is 2.48. The molecule has 6 heteroatoms. The zero-order valence-corrected chi connectivity index (χ0v) is 13.8. The van der Waals surface area contributed by atoms with Crippen molar-refractivity contribution in [1.82, 2.24) is 14.9 Å². The van der Waals surface area contributed by atoms with Crippen molar-refractivity contribution in [3.05, 3.63) is 17.5 Å². The minimum atomic E-state index is -0.432. The van der Waals surface area contributed by atoms with E-state index in [0.717, 1.165) is 36.7 Å². The van der Waals surface area contributed by atoms with Crippen molar-refractivity contribution in [3.63, 3.8) is 0 Å². The molecule has 1 amide bonds. The van der Waals surface area contributed by atoms with Gasteiger partial charge < -0.3 is 15.0 Å². The average molecular weight is 316 g/mol. The van der Waals surface area contributed by atoms with Crippen LogP contribution in [0.3, 0.4) is 0 Å². The monoisotopic (exact) mass is 316 g/mol. The Morgan fingerprint density at radius 2 is 2.35 bits per heavy atom. The molecule has 1 saturated heterocycles. The molecule has 2 aliphatic heterocycles. The Bertz CT molecular complexity index is 629. The van der Waals surface area contributed by atoms with Gasteiger partial charge in [0.2, 0.25) is 11.9 Å². The molecule has 1 N–H and O–H groups in total. The summed E-state index contributed by atoms with van der Waals surface area (Å²) in [5.41, 5.74) is 1.60. The smallest absolute Gasteiger partial charge is 0.225 e. The van der Waals surface area contributed by atoms with E-state index < -0.39 is 5.60 Å². The third-order valence-electron chi connectivity index (χ3n) is 5.08. The molecule has 0 aromatic carbocycles. The van der Waals surface area contributed by atoms with Gasteiger partial charge in [0, 0.05) is 37.2 Å². The molecule has 6 nitrogen and oxygen atoms in total. The van der Waals surface area contributed by atoms with Crippen molar-refractivity contribution in [2.24, 2.45) is 11.8 Å². The molecule has 0 bridgehead atoms. The van der Waals surface area contributed by atoms with E-state index >= 15 is 0 Å². The van der Waals surface area contributed by atoms with Crippen LogP contribution in [0.5, 0.6) is 0 Å². The summed E-state index contributed by atoms with van der Waals surface area (Å²) in [6.07, 6.45) is 5.30. The molecule has 1 saturated carbocycles. The Labute approximate surface area is 136 Å². The molecule has 1 unspecified atom stereocenters. The average Bonchev–Trinajstić information content (AvgIpc) is 3.19. The molecule has 23 heavy (non-hydrogen) atoms. The number of amides is 1. The SMILES string of the molecule is CC(C)C(=O)N1CCC2(C1)OCc1cnc(NCC3CC3)nc12. The first-order valence-electron chi connectivity index (χ1n) is 8.60. The van der Waals surface area contributed by atoms with E-state index in [1.165, 1.54) is 12.8 Å². The quantitative estimate of drug-likeness (QED) is 0.919. The van der Waals surface area contributed by atoms with Crippen LogP contribution >= 0.6 is 0 Å². The highest BCUT2D eigenvalue weighted by Crippen LogP contribution is 2.42. The van der Waals surface area contributed by atoms with E-state index in [0.29, 0.717) is 19.1 Å². The van der Waals surface area contributed by atoms with E-state index in [4.69, 9.17) is 9.72 Å². The molecule has 1 aromatic heterocycles. The van der Waals surface area contributed by atoms with E-state index in [9.17, 15) is 4.79 Å². The zero-order valence-electron chi connectivity index (χ0n) is 13.8. The van der Waals surface area contributed by atoms with Gasteiger partial charge >= 0.3 is 0 Å². The molecule has 1 aliphatic carbocycles. The first-order valence-corrected chi connectivity index (χ1v) is 8.60. The van der Waals surface area contributed by atoms with Gasteiger partial charge in [0.1, 0.15) is 5.60 Å². The number of fused-ring (bicyclic) bond motifs is 2. The van der Waals surface area contributed by atoms with Crippen LogP contribution < -0.4 is 5.32 Å². The molecule has 3 aliphatic rings. The van der Waals surface area contributed by atoms with Gasteiger partial charge in [-0.05, 0) is 18.8 Å². The number of ether oxygens (including phenoxy) is 1. The van der Waals surface area contributed by atoms with E-state index in [-0.39, 0.29) is 11.8 Å². The minimum Gasteiger partial charge on any atom is -0.362 e. The second-order valence-electron chi connectivity index (χ2n) is 7.34. The summed E-state index contributed by atoms with van der Waals surface area (Å²) in [5, 5.41) is 3.34. The molecular formula is C17H24N4O2. The lowest BCUT2D eigenvalue weighted by Gasteiger charge is -2.24. The molecule has 2 fully saturated rings. The van der Waals surface area contributed by atoms with Crippen LogP contribution in [0.25, 0.3) is 0 Å². The van der Waals surface area contributed by atoms with Gasteiger partial charge in [-0.1, -0.05) is 13.8 Å². The summed E-state index contributed by atoms with van der Waals surface area (Å²) >= 11 is 0. The number of hydrogen-bond acceptors (Lipinski definition) is 5. The van der Waals surface area contributed by atoms with E-state index in [2.05, 4.69) is 10.3 Å². The van der Waals surface area contributed by atoms with Crippen molar-refractivity contribution in [1.29, 1.82) is 0 Å². The minimum absolute atomic E-state index is 0.0205. The Kier molecular flexibility index (Phi) is 3.52. The lowest BCUT2D eigenvalue weighted by molar-refractivity contribution is -0.135. The Morgan fingerprint density at radius 1 is 1.52 bits per heavy atom. The lowest BCUT2D eigenvalue weighted by atomic mass is 9.97. The van der Waals surface area contributed by atoms with Crippen molar-refractivity contribution >= 4 is 11.9 Å². The van der Waals surface area contributed by atoms with Crippen LogP contribution in [0, 0.1) is 11.8 Å². The summed E-state index contributed by atoms with van der Waals surface area (Å²) in [5.74, 6) is 1.68. The summed E-state index contributed by atoms with van der Waals surface area (Å²) in [7, 11) is 0. The molecule has 1 spiro atoms. The molecule has 1 aromatic rings. The van der Waals surface area contributed by atoms with Gasteiger partial charge in [-0.15, -0.1) is 0 Å². The summed E-state index contributed by atoms with van der Waals surface area (Å²) in [6, 6.07) is 0. The van der Waals surface area contributed by atoms with Crippen LogP contribution in [-0.4, -0.2) is 40.4 Å². The molecule has 4 rings (SSSR count). The van der Waals surface area contributed by atoms with Crippen molar-refractivity contribution < 1.29 is 9.53 Å². The number of carbonyl (C=O) groups is 1. The van der Waals surface area contributed by atoms with Crippen LogP contribution in [0.1, 0.15) is 44.4 Å². The summed E-state index contributed by atoms with van der Waals surface area (Å²) in [4.78, 5) is 23.3. The van der Waals surface area contributed by atoms with Crippen LogP contribution in [0.15, 0.2) is 6.20 Å². The molecule has 1 atom stereocenters. The Morgan fingerprint density at radius 3 is 3.09 bits per heavy atom. The fourth-order valence-corrected chi connectivity index (χ4v) is 3.48. The third-order valence-corrected chi connectivity index (χ3v) is 5.08. The first-order chi connectivity index (χ1) is 11.1. The molecule has 0 radical (unpaired) electrons. The Hall–Kier alpha value is -1.69. The summed E-state index contributed by atoms with van der Waals surface area (Å²) < 4.78 is 6.10. The number of carbonyl (C=O) groups excluding carboxylic acids is 1. The second kappa shape index (κ2) is 5.44. The number of nitrogens with zero attached hydrogens (tertiary/aromatic N) is 3. The molecule has 3 heterocycles. The fourth-order valence-electron chi connectivity index (χ4n) is 3.48. The van der Waals surface area contributed by atoms with Crippen molar-refractivity contribution in [2.45, 2.75) is 45.3 Å². The zero-order chi connectivity index (χ0) is 16.0. The number of rotatable bonds is 4. The van der Waals surface area contributed by atoms with Gasteiger partial charge in [0.15, 0.2) is 0 Å². The number of aromatic nitrogens is 2. The highest BCUT2D eigenvalue weighted by atomic mass is 16.5. The van der Waals surface area contributed by atoms with E-state index in [1.807, 2.05) is 24.9 Å². The van der Waals surface area contributed by atoms with Crippen LogP contribution in [0.2, 0.25) is 0 Å². The molecule has 124 valence electrons. The van der Waals surface area contributed by atoms with Gasteiger partial charge in [-0.25, -0.2) is 9.97 Å². The first kappa shape index (κ1) is 14.9. The standard InChI is InChI=1S/C17H24N4O2/c1-11(2)15(22)21-6-5-17(10-21)14-13(9-23-17)8-19-16(20-14)18-7-12-3-4-12/h8,11-12H,3-7,9-10H2,1-2H3,(H,18,19,20).